The number of nitriles is 2. The normalized spacial score (nSPS) is 17.3. The van der Waals surface area contributed by atoms with E-state index in [4.69, 9.17) is 16.3 Å². The summed E-state index contributed by atoms with van der Waals surface area (Å²) in [7, 11) is 0. The van der Waals surface area contributed by atoms with E-state index >= 15 is 4.39 Å². The number of carbonyl (C=O) groups is 1. The van der Waals surface area contributed by atoms with Gasteiger partial charge in [-0.3, -0.25) is 4.79 Å². The van der Waals surface area contributed by atoms with Crippen molar-refractivity contribution >= 4 is 29.0 Å². The molecule has 1 aliphatic heterocycles. The van der Waals surface area contributed by atoms with E-state index in [-0.39, 0.29) is 12.1 Å². The van der Waals surface area contributed by atoms with Crippen molar-refractivity contribution in [3.05, 3.63) is 65.6 Å². The average molecular weight is 457 g/mol. The molecule has 2 atom stereocenters. The molecule has 0 aromatic carbocycles. The first-order chi connectivity index (χ1) is 16.5. The summed E-state index contributed by atoms with van der Waals surface area (Å²) in [5.41, 5.74) is 6.84. The minimum absolute atomic E-state index is 0.101. The summed E-state index contributed by atoms with van der Waals surface area (Å²) in [5.74, 6) is 0.654. The van der Waals surface area contributed by atoms with Crippen LogP contribution in [0.2, 0.25) is 0 Å². The highest BCUT2D eigenvalue weighted by Gasteiger charge is 2.30. The second-order valence-corrected chi connectivity index (χ2v) is 7.66. The van der Waals surface area contributed by atoms with Crippen LogP contribution in [0.15, 0.2) is 48.9 Å². The van der Waals surface area contributed by atoms with Crippen molar-refractivity contribution in [3.8, 4) is 12.1 Å². The minimum atomic E-state index is -1.26. The standard InChI is InChI=1S/C23H20FN9O/c24-17-13-33(22-2-1-15(10-26)11-30-22)6-4-18(17)31-19-8-21(29-12-16(19)23(27)34)32-20-7-14(9-25)3-5-28-20/h1-3,5,7-8,11-12,17-18H,4,6,13H2,(H2,27,34)(H2,28,29,31,32)/t17-,18?/m0/s1. The molecule has 1 fully saturated rings. The van der Waals surface area contributed by atoms with E-state index in [0.717, 1.165) is 0 Å². The third kappa shape index (κ3) is 5.00. The van der Waals surface area contributed by atoms with Crippen LogP contribution >= 0.6 is 0 Å². The molecule has 3 aromatic heterocycles. The first-order valence-electron chi connectivity index (χ1n) is 10.4. The van der Waals surface area contributed by atoms with Gasteiger partial charge < -0.3 is 21.3 Å². The van der Waals surface area contributed by atoms with E-state index in [2.05, 4.69) is 25.6 Å². The Hall–Kier alpha value is -4.77. The molecule has 1 aliphatic rings. The summed E-state index contributed by atoms with van der Waals surface area (Å²) in [5, 5.41) is 24.0. The fourth-order valence-electron chi connectivity index (χ4n) is 3.65. The average Bonchev–Trinajstić information content (AvgIpc) is 2.85. The van der Waals surface area contributed by atoms with Crippen LogP contribution in [0.25, 0.3) is 0 Å². The largest absolute Gasteiger partial charge is 0.378 e. The first kappa shape index (κ1) is 22.4. The van der Waals surface area contributed by atoms with Crippen molar-refractivity contribution in [2.45, 2.75) is 18.6 Å². The monoisotopic (exact) mass is 457 g/mol. The zero-order valence-corrected chi connectivity index (χ0v) is 17.9. The number of primary amides is 1. The Bertz CT molecular complexity index is 1280. The number of piperidine rings is 1. The van der Waals surface area contributed by atoms with Crippen LogP contribution in [0, 0.1) is 22.7 Å². The van der Waals surface area contributed by atoms with Crippen molar-refractivity contribution in [3.63, 3.8) is 0 Å². The van der Waals surface area contributed by atoms with E-state index in [1.807, 2.05) is 17.0 Å². The number of halogens is 1. The molecule has 11 heteroatoms. The molecule has 170 valence electrons. The Labute approximate surface area is 194 Å². The lowest BCUT2D eigenvalue weighted by molar-refractivity contribution is 0.100. The molecule has 34 heavy (non-hydrogen) atoms. The Balaban J connectivity index is 1.49. The highest BCUT2D eigenvalue weighted by Crippen LogP contribution is 2.26. The second kappa shape index (κ2) is 9.79. The Morgan fingerprint density at radius 2 is 1.88 bits per heavy atom. The number of rotatable bonds is 6. The molecule has 1 unspecified atom stereocenters. The fraction of sp³-hybridized carbons (Fsp3) is 0.217. The fourth-order valence-corrected chi connectivity index (χ4v) is 3.65. The summed E-state index contributed by atoms with van der Waals surface area (Å²) in [4.78, 5) is 26.3. The van der Waals surface area contributed by atoms with Gasteiger partial charge in [0, 0.05) is 31.2 Å². The van der Waals surface area contributed by atoms with Crippen LogP contribution in [-0.4, -0.2) is 46.2 Å². The lowest BCUT2D eigenvalue weighted by Crippen LogP contribution is -2.48. The van der Waals surface area contributed by atoms with Gasteiger partial charge in [-0.2, -0.15) is 10.5 Å². The quantitative estimate of drug-likeness (QED) is 0.506. The van der Waals surface area contributed by atoms with Crippen LogP contribution < -0.4 is 21.3 Å². The molecule has 0 radical (unpaired) electrons. The molecular formula is C23H20FN9O. The third-order valence-corrected chi connectivity index (χ3v) is 5.40. The molecule has 4 heterocycles. The second-order valence-electron chi connectivity index (χ2n) is 7.66. The molecule has 0 spiro atoms. The van der Waals surface area contributed by atoms with Gasteiger partial charge in [0.15, 0.2) is 0 Å². The van der Waals surface area contributed by atoms with Crippen molar-refractivity contribution in [2.24, 2.45) is 5.73 Å². The number of anilines is 4. The van der Waals surface area contributed by atoms with Crippen molar-refractivity contribution in [1.29, 1.82) is 10.5 Å². The van der Waals surface area contributed by atoms with Crippen LogP contribution in [0.3, 0.4) is 0 Å². The number of carbonyl (C=O) groups excluding carboxylic acids is 1. The van der Waals surface area contributed by atoms with E-state index in [1.165, 1.54) is 18.6 Å². The number of hydrogen-bond donors (Lipinski definition) is 3. The SMILES string of the molecule is N#Cc1ccc(N2CCC(Nc3cc(Nc4cc(C#N)ccn4)ncc3C(N)=O)[C@@H](F)C2)nc1. The topological polar surface area (TPSA) is 157 Å². The predicted molar refractivity (Wildman–Crippen MR) is 123 cm³/mol. The Kier molecular flexibility index (Phi) is 6.46. The van der Waals surface area contributed by atoms with Gasteiger partial charge in [-0.1, -0.05) is 0 Å². The lowest BCUT2D eigenvalue weighted by Gasteiger charge is -2.36. The smallest absolute Gasteiger partial charge is 0.252 e. The third-order valence-electron chi connectivity index (χ3n) is 5.40. The highest BCUT2D eigenvalue weighted by atomic mass is 19.1. The Morgan fingerprint density at radius 3 is 2.56 bits per heavy atom. The highest BCUT2D eigenvalue weighted by molar-refractivity contribution is 5.98. The molecule has 4 N–H and O–H groups in total. The first-order valence-corrected chi connectivity index (χ1v) is 10.4. The maximum absolute atomic E-state index is 15.1. The summed E-state index contributed by atoms with van der Waals surface area (Å²) >= 11 is 0. The molecule has 10 nitrogen and oxygen atoms in total. The molecule has 3 aromatic rings. The van der Waals surface area contributed by atoms with Gasteiger partial charge in [0.2, 0.25) is 0 Å². The molecule has 0 saturated carbocycles. The number of nitrogens with one attached hydrogen (secondary N) is 2. The van der Waals surface area contributed by atoms with Crippen LogP contribution in [0.5, 0.6) is 0 Å². The van der Waals surface area contributed by atoms with E-state index in [9.17, 15) is 4.79 Å². The van der Waals surface area contributed by atoms with Gasteiger partial charge in [-0.05, 0) is 30.7 Å². The number of hydrogen-bond acceptors (Lipinski definition) is 9. The molecular weight excluding hydrogens is 437 g/mol. The molecule has 0 bridgehead atoms. The van der Waals surface area contributed by atoms with Crippen LogP contribution in [-0.2, 0) is 0 Å². The van der Waals surface area contributed by atoms with Gasteiger partial charge in [-0.25, -0.2) is 19.3 Å². The maximum atomic E-state index is 15.1. The number of nitrogens with two attached hydrogens (primary N) is 1. The van der Waals surface area contributed by atoms with Crippen molar-refractivity contribution < 1.29 is 9.18 Å². The number of pyridine rings is 3. The molecule has 1 amide bonds. The minimum Gasteiger partial charge on any atom is -0.378 e. The van der Waals surface area contributed by atoms with Gasteiger partial charge in [0.05, 0.1) is 41.0 Å². The zero-order chi connectivity index (χ0) is 24.1. The summed E-state index contributed by atoms with van der Waals surface area (Å²) in [6, 6.07) is 11.5. The number of alkyl halides is 1. The van der Waals surface area contributed by atoms with E-state index < -0.39 is 18.1 Å². The van der Waals surface area contributed by atoms with Crippen LogP contribution in [0.1, 0.15) is 27.9 Å². The summed E-state index contributed by atoms with van der Waals surface area (Å²) in [6.45, 7) is 0.632. The summed E-state index contributed by atoms with van der Waals surface area (Å²) < 4.78 is 15.1. The zero-order valence-electron chi connectivity index (χ0n) is 17.9. The van der Waals surface area contributed by atoms with Gasteiger partial charge >= 0.3 is 0 Å². The number of nitrogens with zero attached hydrogens (tertiary/aromatic N) is 6. The van der Waals surface area contributed by atoms with E-state index in [0.29, 0.717) is 47.2 Å². The van der Waals surface area contributed by atoms with Gasteiger partial charge in [0.1, 0.15) is 29.7 Å². The van der Waals surface area contributed by atoms with Gasteiger partial charge in [-0.15, -0.1) is 0 Å². The molecule has 0 aliphatic carbocycles. The van der Waals surface area contributed by atoms with Crippen molar-refractivity contribution in [1.82, 2.24) is 15.0 Å². The van der Waals surface area contributed by atoms with E-state index in [1.54, 1.807) is 30.3 Å². The predicted octanol–water partition coefficient (Wildman–Crippen LogP) is 2.49. The Morgan fingerprint density at radius 1 is 1.09 bits per heavy atom. The molecule has 1 saturated heterocycles. The van der Waals surface area contributed by atoms with Crippen LogP contribution in [0.4, 0.5) is 27.5 Å². The molecule has 4 rings (SSSR count). The maximum Gasteiger partial charge on any atom is 0.252 e. The number of aromatic nitrogens is 3. The number of amides is 1. The van der Waals surface area contributed by atoms with Crippen molar-refractivity contribution in [2.75, 3.05) is 28.6 Å². The van der Waals surface area contributed by atoms with Gasteiger partial charge in [0.25, 0.3) is 5.91 Å². The lowest BCUT2D eigenvalue weighted by atomic mass is 10.0. The summed E-state index contributed by atoms with van der Waals surface area (Å²) in [6.07, 6.45) is 3.44.